The molecule has 2 aromatic rings. The zero-order valence-electron chi connectivity index (χ0n) is 14.0. The Hall–Kier alpha value is -2.74. The van der Waals surface area contributed by atoms with Crippen molar-refractivity contribution in [3.8, 4) is 11.4 Å². The number of rotatable bonds is 5. The summed E-state index contributed by atoms with van der Waals surface area (Å²) in [6, 6.07) is 7.23. The summed E-state index contributed by atoms with van der Waals surface area (Å²) in [5, 5.41) is 9.68. The summed E-state index contributed by atoms with van der Waals surface area (Å²) in [4.78, 5) is 30.0. The number of hydrogen-bond acceptors (Lipinski definition) is 5. The Labute approximate surface area is 145 Å². The third kappa shape index (κ3) is 4.42. The average Bonchev–Trinajstić information content (AvgIpc) is 3.01. The van der Waals surface area contributed by atoms with Crippen molar-refractivity contribution in [2.24, 2.45) is 5.73 Å². The van der Waals surface area contributed by atoms with Crippen molar-refractivity contribution in [3.63, 3.8) is 0 Å². The number of nitrogens with one attached hydrogen (secondary N) is 2. The van der Waals surface area contributed by atoms with Gasteiger partial charge >= 0.3 is 0 Å². The first-order valence-electron chi connectivity index (χ1n) is 8.45. The van der Waals surface area contributed by atoms with Crippen LogP contribution in [-0.4, -0.2) is 45.0 Å². The van der Waals surface area contributed by atoms with Crippen molar-refractivity contribution >= 4 is 17.5 Å². The first kappa shape index (κ1) is 17.1. The molecule has 8 heteroatoms. The summed E-state index contributed by atoms with van der Waals surface area (Å²) < 4.78 is 0. The van der Waals surface area contributed by atoms with E-state index in [1.54, 1.807) is 17.0 Å². The molecule has 0 atom stereocenters. The molecular formula is C17H22N6O2. The second-order valence-electron chi connectivity index (χ2n) is 6.06. The minimum absolute atomic E-state index is 0.0586. The van der Waals surface area contributed by atoms with Gasteiger partial charge in [-0.3, -0.25) is 14.7 Å². The zero-order chi connectivity index (χ0) is 17.6. The van der Waals surface area contributed by atoms with Crippen LogP contribution in [0, 0.1) is 0 Å². The van der Waals surface area contributed by atoms with Gasteiger partial charge in [0, 0.05) is 24.2 Å². The first-order valence-corrected chi connectivity index (χ1v) is 8.45. The molecule has 0 bridgehead atoms. The van der Waals surface area contributed by atoms with Crippen LogP contribution < -0.4 is 11.1 Å². The number of benzene rings is 1. The Morgan fingerprint density at radius 3 is 2.76 bits per heavy atom. The maximum Gasteiger partial charge on any atom is 0.243 e. The highest BCUT2D eigenvalue weighted by Gasteiger charge is 2.19. The van der Waals surface area contributed by atoms with Gasteiger partial charge in [-0.1, -0.05) is 6.42 Å². The molecule has 1 aromatic carbocycles. The fourth-order valence-corrected chi connectivity index (χ4v) is 2.80. The van der Waals surface area contributed by atoms with Gasteiger partial charge in [-0.05, 0) is 37.1 Å². The number of nitrogens with zero attached hydrogens (tertiary/aromatic N) is 3. The van der Waals surface area contributed by atoms with Crippen molar-refractivity contribution in [3.05, 3.63) is 30.1 Å². The van der Waals surface area contributed by atoms with Crippen molar-refractivity contribution in [2.45, 2.75) is 32.2 Å². The van der Waals surface area contributed by atoms with Gasteiger partial charge in [0.15, 0.2) is 5.82 Å². The molecule has 0 unspecified atom stereocenters. The van der Waals surface area contributed by atoms with Gasteiger partial charge in [-0.15, -0.1) is 0 Å². The third-order valence-corrected chi connectivity index (χ3v) is 4.16. The topological polar surface area (TPSA) is 117 Å². The molecule has 1 saturated heterocycles. The number of H-pyrrole nitrogens is 1. The highest BCUT2D eigenvalue weighted by molar-refractivity contribution is 5.94. The molecule has 25 heavy (non-hydrogen) atoms. The molecule has 132 valence electrons. The van der Waals surface area contributed by atoms with Gasteiger partial charge in [0.1, 0.15) is 5.82 Å². The summed E-state index contributed by atoms with van der Waals surface area (Å²) in [5.41, 5.74) is 7.01. The van der Waals surface area contributed by atoms with Crippen LogP contribution >= 0.6 is 0 Å². The van der Waals surface area contributed by atoms with E-state index in [1.165, 1.54) is 0 Å². The van der Waals surface area contributed by atoms with Gasteiger partial charge in [0.25, 0.3) is 0 Å². The summed E-state index contributed by atoms with van der Waals surface area (Å²) >= 11 is 0. The zero-order valence-corrected chi connectivity index (χ0v) is 14.0. The molecule has 0 aliphatic carbocycles. The van der Waals surface area contributed by atoms with E-state index in [0.29, 0.717) is 36.8 Å². The lowest BCUT2D eigenvalue weighted by Gasteiger charge is -2.19. The first-order chi connectivity index (χ1) is 12.2. The molecule has 1 aliphatic heterocycles. The van der Waals surface area contributed by atoms with E-state index >= 15 is 0 Å². The van der Waals surface area contributed by atoms with E-state index in [1.807, 2.05) is 12.1 Å². The minimum atomic E-state index is -0.189. The number of aromatic nitrogens is 3. The second kappa shape index (κ2) is 7.89. The van der Waals surface area contributed by atoms with E-state index in [2.05, 4.69) is 20.5 Å². The summed E-state index contributed by atoms with van der Waals surface area (Å²) in [7, 11) is 0. The predicted molar refractivity (Wildman–Crippen MR) is 93.4 cm³/mol. The van der Waals surface area contributed by atoms with E-state index in [-0.39, 0.29) is 18.4 Å². The molecule has 0 spiro atoms. The van der Waals surface area contributed by atoms with Crippen LogP contribution in [0.2, 0.25) is 0 Å². The Kier molecular flexibility index (Phi) is 5.39. The molecule has 8 nitrogen and oxygen atoms in total. The Morgan fingerprint density at radius 1 is 1.24 bits per heavy atom. The number of aromatic amines is 1. The van der Waals surface area contributed by atoms with Crippen molar-refractivity contribution in [1.82, 2.24) is 20.1 Å². The van der Waals surface area contributed by atoms with E-state index in [4.69, 9.17) is 5.73 Å². The predicted octanol–water partition coefficient (Wildman–Crippen LogP) is 1.27. The summed E-state index contributed by atoms with van der Waals surface area (Å²) in [6.45, 7) is 1.05. The lowest BCUT2D eigenvalue weighted by Crippen LogP contribution is -2.37. The van der Waals surface area contributed by atoms with Crippen LogP contribution in [0.5, 0.6) is 0 Å². The standard InChI is InChI=1S/C17H22N6O2/c18-10-14-20-17(22-21-14)12-5-7-13(8-6-12)19-15(24)11-23-9-3-1-2-4-16(23)25/h5-8H,1-4,9-11,18H2,(H,19,24)(H,20,21,22). The van der Waals surface area contributed by atoms with Gasteiger partial charge in [-0.25, -0.2) is 4.98 Å². The van der Waals surface area contributed by atoms with Crippen LogP contribution in [0.4, 0.5) is 5.69 Å². The molecule has 0 saturated carbocycles. The molecule has 1 aliphatic rings. The van der Waals surface area contributed by atoms with Crippen LogP contribution in [0.3, 0.4) is 0 Å². The third-order valence-electron chi connectivity index (χ3n) is 4.16. The fraction of sp³-hybridized carbons (Fsp3) is 0.412. The highest BCUT2D eigenvalue weighted by Crippen LogP contribution is 2.18. The molecular weight excluding hydrogens is 320 g/mol. The van der Waals surface area contributed by atoms with Crippen molar-refractivity contribution in [2.75, 3.05) is 18.4 Å². The van der Waals surface area contributed by atoms with Crippen LogP contribution in [0.15, 0.2) is 24.3 Å². The smallest absolute Gasteiger partial charge is 0.243 e. The molecule has 2 amide bonds. The lowest BCUT2D eigenvalue weighted by atomic mass is 10.2. The lowest BCUT2D eigenvalue weighted by molar-refractivity contribution is -0.134. The molecule has 1 fully saturated rings. The van der Waals surface area contributed by atoms with Crippen molar-refractivity contribution in [1.29, 1.82) is 0 Å². The number of hydrogen-bond donors (Lipinski definition) is 3. The Morgan fingerprint density at radius 2 is 2.04 bits per heavy atom. The average molecular weight is 342 g/mol. The van der Waals surface area contributed by atoms with E-state index in [0.717, 1.165) is 24.8 Å². The Balaban J connectivity index is 1.59. The molecule has 4 N–H and O–H groups in total. The largest absolute Gasteiger partial charge is 0.333 e. The second-order valence-corrected chi connectivity index (χ2v) is 6.06. The number of amides is 2. The molecule has 1 aromatic heterocycles. The number of likely N-dealkylation sites (tertiary alicyclic amines) is 1. The number of carbonyl (C=O) groups is 2. The number of carbonyl (C=O) groups excluding carboxylic acids is 2. The van der Waals surface area contributed by atoms with Gasteiger partial charge in [0.2, 0.25) is 11.8 Å². The van der Waals surface area contributed by atoms with Crippen molar-refractivity contribution < 1.29 is 9.59 Å². The number of anilines is 1. The summed E-state index contributed by atoms with van der Waals surface area (Å²) in [6.07, 6.45) is 3.43. The summed E-state index contributed by atoms with van der Waals surface area (Å²) in [5.74, 6) is 1.05. The van der Waals surface area contributed by atoms with E-state index in [9.17, 15) is 9.59 Å². The minimum Gasteiger partial charge on any atom is -0.333 e. The normalized spacial score (nSPS) is 15.1. The monoisotopic (exact) mass is 342 g/mol. The highest BCUT2D eigenvalue weighted by atomic mass is 16.2. The number of nitrogens with two attached hydrogens (primary N) is 1. The quantitative estimate of drug-likeness (QED) is 0.756. The van der Waals surface area contributed by atoms with Crippen LogP contribution in [0.25, 0.3) is 11.4 Å². The maximum absolute atomic E-state index is 12.2. The van der Waals surface area contributed by atoms with E-state index < -0.39 is 0 Å². The maximum atomic E-state index is 12.2. The van der Waals surface area contributed by atoms with Gasteiger partial charge in [-0.2, -0.15) is 5.10 Å². The molecule has 3 rings (SSSR count). The van der Waals surface area contributed by atoms with Gasteiger partial charge < -0.3 is 16.0 Å². The van der Waals surface area contributed by atoms with Crippen LogP contribution in [-0.2, 0) is 16.1 Å². The fourth-order valence-electron chi connectivity index (χ4n) is 2.80. The molecule has 0 radical (unpaired) electrons. The SMILES string of the molecule is NCc1nc(-c2ccc(NC(=O)CN3CCCCCC3=O)cc2)n[nH]1. The Bertz CT molecular complexity index is 740. The van der Waals surface area contributed by atoms with Gasteiger partial charge in [0.05, 0.1) is 13.1 Å². The van der Waals surface area contributed by atoms with Crippen LogP contribution in [0.1, 0.15) is 31.5 Å². The molecule has 2 heterocycles.